The number of aryl methyl sites for hydroxylation is 2. The zero-order valence-electron chi connectivity index (χ0n) is 14.3. The summed E-state index contributed by atoms with van der Waals surface area (Å²) in [7, 11) is 0. The Labute approximate surface area is 142 Å². The zero-order chi connectivity index (χ0) is 16.9. The summed E-state index contributed by atoms with van der Waals surface area (Å²) in [5, 5.41) is 14.1. The maximum absolute atomic E-state index is 10.2. The van der Waals surface area contributed by atoms with Gasteiger partial charge in [-0.15, -0.1) is 0 Å². The van der Waals surface area contributed by atoms with Crippen molar-refractivity contribution < 1.29 is 14.4 Å². The van der Waals surface area contributed by atoms with Crippen LogP contribution >= 0.6 is 0 Å². The van der Waals surface area contributed by atoms with Crippen molar-refractivity contribution in [1.82, 2.24) is 15.0 Å². The first-order valence-corrected chi connectivity index (χ1v) is 8.50. The number of aliphatic hydroxyl groups is 1. The number of β-amino-alcohol motifs (C(OH)–C–C–N with tert-alkyl or cyclic N) is 1. The van der Waals surface area contributed by atoms with Crippen molar-refractivity contribution in [2.45, 2.75) is 38.7 Å². The number of piperidine rings is 1. The third kappa shape index (κ3) is 4.55. The minimum absolute atomic E-state index is 0.312. The van der Waals surface area contributed by atoms with Crippen molar-refractivity contribution in [1.29, 1.82) is 0 Å². The molecule has 130 valence electrons. The molecule has 0 saturated carbocycles. The molecule has 0 amide bonds. The van der Waals surface area contributed by atoms with Crippen LogP contribution in [0.15, 0.2) is 28.8 Å². The van der Waals surface area contributed by atoms with Crippen LogP contribution in [0.25, 0.3) is 0 Å². The average molecular weight is 331 g/mol. The highest BCUT2D eigenvalue weighted by Gasteiger charge is 2.25. The number of aliphatic hydroxyl groups excluding tert-OH is 1. The number of nitrogens with zero attached hydrogens (tertiary/aromatic N) is 3. The summed E-state index contributed by atoms with van der Waals surface area (Å²) in [4.78, 5) is 6.59. The van der Waals surface area contributed by atoms with E-state index in [9.17, 15) is 5.11 Å². The van der Waals surface area contributed by atoms with Gasteiger partial charge in [0.1, 0.15) is 18.5 Å². The van der Waals surface area contributed by atoms with E-state index in [4.69, 9.17) is 9.26 Å². The standard InChI is InChI=1S/C18H25N3O3/c1-13-4-3-5-17(10-13)23-12-16(22)11-21-8-6-15(7-9-21)18-19-14(2)20-24-18/h3-5,10,15-16,22H,6-9,11-12H2,1-2H3. The van der Waals surface area contributed by atoms with Crippen LogP contribution in [-0.4, -0.2) is 52.5 Å². The molecule has 0 bridgehead atoms. The third-order valence-corrected chi connectivity index (χ3v) is 4.38. The van der Waals surface area contributed by atoms with Crippen LogP contribution in [0.4, 0.5) is 0 Å². The molecule has 0 radical (unpaired) electrons. The molecule has 0 spiro atoms. The molecular formula is C18H25N3O3. The van der Waals surface area contributed by atoms with E-state index in [2.05, 4.69) is 15.0 Å². The van der Waals surface area contributed by atoms with E-state index in [0.29, 0.717) is 24.9 Å². The summed E-state index contributed by atoms with van der Waals surface area (Å²) >= 11 is 0. The van der Waals surface area contributed by atoms with Gasteiger partial charge >= 0.3 is 0 Å². The molecule has 1 fully saturated rings. The molecule has 1 aromatic heterocycles. The molecule has 24 heavy (non-hydrogen) atoms. The molecule has 0 aliphatic carbocycles. The smallest absolute Gasteiger partial charge is 0.229 e. The van der Waals surface area contributed by atoms with E-state index in [0.717, 1.165) is 43.1 Å². The van der Waals surface area contributed by atoms with Crippen molar-refractivity contribution in [2.75, 3.05) is 26.2 Å². The molecule has 1 aromatic carbocycles. The van der Waals surface area contributed by atoms with E-state index in [1.165, 1.54) is 0 Å². The SMILES string of the molecule is Cc1cccc(OCC(O)CN2CCC(c3nc(C)no3)CC2)c1. The Balaban J connectivity index is 1.40. The van der Waals surface area contributed by atoms with Crippen molar-refractivity contribution in [3.63, 3.8) is 0 Å². The van der Waals surface area contributed by atoms with Crippen molar-refractivity contribution in [3.05, 3.63) is 41.5 Å². The van der Waals surface area contributed by atoms with Crippen LogP contribution in [-0.2, 0) is 0 Å². The van der Waals surface area contributed by atoms with Crippen LogP contribution < -0.4 is 4.74 Å². The first-order valence-electron chi connectivity index (χ1n) is 8.50. The fourth-order valence-corrected chi connectivity index (χ4v) is 3.09. The number of benzene rings is 1. The highest BCUT2D eigenvalue weighted by molar-refractivity contribution is 5.27. The lowest BCUT2D eigenvalue weighted by atomic mass is 9.96. The van der Waals surface area contributed by atoms with Crippen molar-refractivity contribution in [2.24, 2.45) is 0 Å². The minimum Gasteiger partial charge on any atom is -0.491 e. The van der Waals surface area contributed by atoms with Crippen LogP contribution in [0.3, 0.4) is 0 Å². The fraction of sp³-hybridized carbons (Fsp3) is 0.556. The first kappa shape index (κ1) is 16.9. The van der Waals surface area contributed by atoms with Crippen LogP contribution in [0.2, 0.25) is 0 Å². The Morgan fingerprint density at radius 2 is 2.12 bits per heavy atom. The van der Waals surface area contributed by atoms with Gasteiger partial charge in [-0.3, -0.25) is 0 Å². The Morgan fingerprint density at radius 1 is 1.33 bits per heavy atom. The molecular weight excluding hydrogens is 306 g/mol. The number of aromatic nitrogens is 2. The van der Waals surface area contributed by atoms with Crippen LogP contribution in [0.1, 0.15) is 36.0 Å². The average Bonchev–Trinajstić information content (AvgIpc) is 3.00. The van der Waals surface area contributed by atoms with Crippen molar-refractivity contribution in [3.8, 4) is 5.75 Å². The molecule has 1 N–H and O–H groups in total. The van der Waals surface area contributed by atoms with E-state index in [1.54, 1.807) is 0 Å². The van der Waals surface area contributed by atoms with Crippen LogP contribution in [0, 0.1) is 13.8 Å². The van der Waals surface area contributed by atoms with E-state index < -0.39 is 6.10 Å². The summed E-state index contributed by atoms with van der Waals surface area (Å²) in [5.74, 6) is 2.58. The lowest BCUT2D eigenvalue weighted by molar-refractivity contribution is 0.0579. The second-order valence-electron chi connectivity index (χ2n) is 6.54. The Kier molecular flexibility index (Phi) is 5.48. The lowest BCUT2D eigenvalue weighted by Crippen LogP contribution is -2.40. The summed E-state index contributed by atoms with van der Waals surface area (Å²) < 4.78 is 10.9. The largest absolute Gasteiger partial charge is 0.491 e. The molecule has 2 aromatic rings. The molecule has 6 heteroatoms. The van der Waals surface area contributed by atoms with Gasteiger partial charge in [0.05, 0.1) is 0 Å². The number of likely N-dealkylation sites (tertiary alicyclic amines) is 1. The minimum atomic E-state index is -0.493. The van der Waals surface area contributed by atoms with E-state index >= 15 is 0 Å². The number of ether oxygens (including phenoxy) is 1. The molecule has 1 aliphatic rings. The highest BCUT2D eigenvalue weighted by Crippen LogP contribution is 2.26. The summed E-state index contributed by atoms with van der Waals surface area (Å²) in [6.45, 7) is 6.65. The van der Waals surface area contributed by atoms with E-state index in [1.807, 2.05) is 38.1 Å². The van der Waals surface area contributed by atoms with Gasteiger partial charge in [0, 0.05) is 12.5 Å². The summed E-state index contributed by atoms with van der Waals surface area (Å²) in [5.41, 5.74) is 1.15. The monoisotopic (exact) mass is 331 g/mol. The fourth-order valence-electron chi connectivity index (χ4n) is 3.09. The lowest BCUT2D eigenvalue weighted by Gasteiger charge is -2.31. The molecule has 3 rings (SSSR count). The van der Waals surface area contributed by atoms with E-state index in [-0.39, 0.29) is 0 Å². The second kappa shape index (κ2) is 7.77. The molecule has 2 heterocycles. The summed E-state index contributed by atoms with van der Waals surface area (Å²) in [6.07, 6.45) is 1.47. The van der Waals surface area contributed by atoms with Crippen LogP contribution in [0.5, 0.6) is 5.75 Å². The van der Waals surface area contributed by atoms with Gasteiger partial charge in [-0.05, 0) is 57.5 Å². The number of hydrogen-bond acceptors (Lipinski definition) is 6. The molecule has 1 unspecified atom stereocenters. The van der Waals surface area contributed by atoms with Gasteiger partial charge < -0.3 is 19.3 Å². The second-order valence-corrected chi connectivity index (χ2v) is 6.54. The quantitative estimate of drug-likeness (QED) is 0.876. The van der Waals surface area contributed by atoms with Gasteiger partial charge in [0.15, 0.2) is 5.82 Å². The Morgan fingerprint density at radius 3 is 2.79 bits per heavy atom. The van der Waals surface area contributed by atoms with Crippen molar-refractivity contribution >= 4 is 0 Å². The Hall–Kier alpha value is -1.92. The molecule has 1 atom stereocenters. The van der Waals surface area contributed by atoms with Gasteiger partial charge in [-0.1, -0.05) is 17.3 Å². The molecule has 6 nitrogen and oxygen atoms in total. The number of rotatable bonds is 6. The number of hydrogen-bond donors (Lipinski definition) is 1. The first-order chi connectivity index (χ1) is 11.6. The normalized spacial score (nSPS) is 17.8. The predicted octanol–water partition coefficient (Wildman–Crippen LogP) is 2.31. The highest BCUT2D eigenvalue weighted by atomic mass is 16.5. The zero-order valence-corrected chi connectivity index (χ0v) is 14.3. The maximum atomic E-state index is 10.2. The Bertz CT molecular complexity index is 650. The van der Waals surface area contributed by atoms with Gasteiger partial charge in [0.25, 0.3) is 0 Å². The van der Waals surface area contributed by atoms with Gasteiger partial charge in [-0.25, -0.2) is 0 Å². The predicted molar refractivity (Wildman–Crippen MR) is 90.1 cm³/mol. The molecule has 1 saturated heterocycles. The maximum Gasteiger partial charge on any atom is 0.229 e. The summed E-state index contributed by atoms with van der Waals surface area (Å²) in [6, 6.07) is 7.88. The van der Waals surface area contributed by atoms with Gasteiger partial charge in [0.2, 0.25) is 5.89 Å². The van der Waals surface area contributed by atoms with Gasteiger partial charge in [-0.2, -0.15) is 4.98 Å². The molecule has 1 aliphatic heterocycles. The topological polar surface area (TPSA) is 71.6 Å². The third-order valence-electron chi connectivity index (χ3n) is 4.38.